The zero-order chi connectivity index (χ0) is 10.3. The molecule has 72 valence electrons. The van der Waals surface area contributed by atoms with Gasteiger partial charge in [-0.1, -0.05) is 24.3 Å². The van der Waals surface area contributed by atoms with Crippen LogP contribution in [-0.2, 0) is 12.8 Å². The highest BCUT2D eigenvalue weighted by molar-refractivity contribution is 7.51. The largest absolute Gasteiger partial charge is 0.426 e. The fourth-order valence-corrected chi connectivity index (χ4v) is 2.22. The second-order valence-electron chi connectivity index (χ2n) is 3.56. The molecule has 3 aromatic rings. The van der Waals surface area contributed by atoms with Gasteiger partial charge < -0.3 is 12.8 Å². The van der Waals surface area contributed by atoms with Crippen molar-refractivity contribution in [2.45, 2.75) is 0 Å². The van der Waals surface area contributed by atoms with Crippen LogP contribution in [0.1, 0.15) is 0 Å². The van der Waals surface area contributed by atoms with Gasteiger partial charge in [-0.2, -0.15) is 0 Å². The summed E-state index contributed by atoms with van der Waals surface area (Å²) in [6.45, 7) is 0. The van der Waals surface area contributed by atoms with Crippen molar-refractivity contribution in [2.24, 2.45) is 0 Å². The molecule has 0 spiro atoms. The van der Waals surface area contributed by atoms with Gasteiger partial charge in [-0.05, 0) is 18.2 Å². The van der Waals surface area contributed by atoms with Crippen molar-refractivity contribution in [3.63, 3.8) is 0 Å². The van der Waals surface area contributed by atoms with Crippen molar-refractivity contribution < 1.29 is 3.97 Å². The first-order valence-electron chi connectivity index (χ1n) is 4.86. The molecular weight excluding hydrogens is 202 g/mol. The lowest BCUT2D eigenvalue weighted by Crippen LogP contribution is -2.28. The van der Waals surface area contributed by atoms with E-state index in [0.29, 0.717) is 0 Å². The summed E-state index contributed by atoms with van der Waals surface area (Å²) in [5.74, 6) is 0. The zero-order valence-electron chi connectivity index (χ0n) is 8.05. The van der Waals surface area contributed by atoms with Gasteiger partial charge in [-0.15, -0.1) is 0 Å². The van der Waals surface area contributed by atoms with E-state index >= 15 is 0 Å². The van der Waals surface area contributed by atoms with Crippen molar-refractivity contribution in [1.29, 1.82) is 0 Å². The Labute approximate surface area is 93.5 Å². The highest BCUT2D eigenvalue weighted by Gasteiger charge is 2.05. The molecule has 1 heterocycles. The van der Waals surface area contributed by atoms with Crippen molar-refractivity contribution in [2.75, 3.05) is 0 Å². The lowest BCUT2D eigenvalue weighted by Gasteiger charge is -2.06. The van der Waals surface area contributed by atoms with Crippen LogP contribution in [0.2, 0.25) is 0 Å². The quantitative estimate of drug-likeness (QED) is 0.314. The molecule has 0 saturated heterocycles. The summed E-state index contributed by atoms with van der Waals surface area (Å²) in [5.41, 5.74) is 2.18. The van der Waals surface area contributed by atoms with E-state index in [1.165, 1.54) is 10.8 Å². The van der Waals surface area contributed by atoms with Crippen LogP contribution in [0, 0.1) is 0 Å². The first kappa shape index (κ1) is 8.62. The molecule has 0 fully saturated rings. The third-order valence-electron chi connectivity index (χ3n) is 2.62. The van der Waals surface area contributed by atoms with Crippen LogP contribution in [0.25, 0.3) is 21.8 Å². The molecule has 2 heteroatoms. The molecule has 0 atom stereocenters. The van der Waals surface area contributed by atoms with Gasteiger partial charge in [0.25, 0.3) is 0 Å². The predicted octanol–water partition coefficient (Wildman–Crippen LogP) is 2.59. The van der Waals surface area contributed by atoms with Crippen LogP contribution < -0.4 is 3.97 Å². The summed E-state index contributed by atoms with van der Waals surface area (Å²) in [4.78, 5) is 0. The van der Waals surface area contributed by atoms with Crippen molar-refractivity contribution in [3.8, 4) is 0 Å². The molecule has 0 aliphatic rings. The number of pyridine rings is 1. The predicted molar refractivity (Wildman–Crippen MR) is 64.4 cm³/mol. The van der Waals surface area contributed by atoms with Gasteiger partial charge in [0.2, 0.25) is 0 Å². The van der Waals surface area contributed by atoms with Crippen LogP contribution in [0.15, 0.2) is 54.6 Å². The Balaban J connectivity index is 2.60. The highest BCUT2D eigenvalue weighted by atomic mass is 32.1. The zero-order valence-corrected chi connectivity index (χ0v) is 8.87. The Hall–Kier alpha value is -1.67. The summed E-state index contributed by atoms with van der Waals surface area (Å²) in [7, 11) is 0. The molecule has 2 aromatic carbocycles. The molecule has 0 saturated carbocycles. The Kier molecular flexibility index (Phi) is 1.82. The minimum absolute atomic E-state index is 1.09. The number of benzene rings is 2. The number of fused-ring (bicyclic) bond motifs is 2. The number of rotatable bonds is 0. The summed E-state index contributed by atoms with van der Waals surface area (Å²) < 4.78 is 1.82. The SMILES string of the molecule is [S-][n+]1c2ccccc2cc2ccccc21. The van der Waals surface area contributed by atoms with Gasteiger partial charge in [0.15, 0.2) is 11.0 Å². The highest BCUT2D eigenvalue weighted by Crippen LogP contribution is 2.16. The van der Waals surface area contributed by atoms with Crippen LogP contribution in [-0.4, -0.2) is 0 Å². The maximum Gasteiger partial charge on any atom is 0.198 e. The Morgan fingerprint density at radius 1 is 0.733 bits per heavy atom. The van der Waals surface area contributed by atoms with Crippen LogP contribution >= 0.6 is 0 Å². The number of para-hydroxylation sites is 2. The third kappa shape index (κ3) is 1.26. The van der Waals surface area contributed by atoms with Gasteiger partial charge >= 0.3 is 0 Å². The lowest BCUT2D eigenvalue weighted by molar-refractivity contribution is -0.429. The fraction of sp³-hybridized carbons (Fsp3) is 0. The maximum atomic E-state index is 5.41. The molecule has 1 nitrogen and oxygen atoms in total. The number of aromatic nitrogens is 1. The average Bonchev–Trinajstić information content (AvgIpc) is 2.30. The first-order chi connectivity index (χ1) is 7.36. The number of nitrogens with zero attached hydrogens (tertiary/aromatic N) is 1. The third-order valence-corrected chi connectivity index (χ3v) is 3.02. The van der Waals surface area contributed by atoms with E-state index in [2.05, 4.69) is 30.3 Å². The summed E-state index contributed by atoms with van der Waals surface area (Å²) in [6, 6.07) is 18.5. The van der Waals surface area contributed by atoms with Gasteiger partial charge in [0, 0.05) is 22.9 Å². The normalized spacial score (nSPS) is 10.9. The van der Waals surface area contributed by atoms with Crippen molar-refractivity contribution in [3.05, 3.63) is 54.6 Å². The topological polar surface area (TPSA) is 3.88 Å². The van der Waals surface area contributed by atoms with Crippen LogP contribution in [0.4, 0.5) is 0 Å². The first-order valence-corrected chi connectivity index (χ1v) is 5.23. The van der Waals surface area contributed by atoms with Crippen molar-refractivity contribution >= 4 is 34.6 Å². The summed E-state index contributed by atoms with van der Waals surface area (Å²) in [6.07, 6.45) is 0. The molecule has 1 aromatic heterocycles. The Morgan fingerprint density at radius 2 is 1.20 bits per heavy atom. The van der Waals surface area contributed by atoms with Crippen molar-refractivity contribution in [1.82, 2.24) is 0 Å². The van der Waals surface area contributed by atoms with E-state index in [0.717, 1.165) is 11.0 Å². The molecule has 0 N–H and O–H groups in total. The monoisotopic (exact) mass is 211 g/mol. The van der Waals surface area contributed by atoms with Gasteiger partial charge in [0.05, 0.1) is 0 Å². The second-order valence-corrected chi connectivity index (χ2v) is 3.92. The van der Waals surface area contributed by atoms with E-state index in [4.69, 9.17) is 12.8 Å². The summed E-state index contributed by atoms with van der Waals surface area (Å²) in [5, 5.41) is 2.37. The van der Waals surface area contributed by atoms with Crippen LogP contribution in [0.3, 0.4) is 0 Å². The minimum Gasteiger partial charge on any atom is -0.426 e. The average molecular weight is 211 g/mol. The van der Waals surface area contributed by atoms with Crippen LogP contribution in [0.5, 0.6) is 0 Å². The Bertz CT molecular complexity index is 592. The molecule has 0 aliphatic carbocycles. The smallest absolute Gasteiger partial charge is 0.198 e. The summed E-state index contributed by atoms with van der Waals surface area (Å²) >= 11 is 5.41. The molecule has 0 bridgehead atoms. The van der Waals surface area contributed by atoms with E-state index in [-0.39, 0.29) is 0 Å². The number of hydrogen-bond donors (Lipinski definition) is 0. The molecule has 0 aliphatic heterocycles. The molecule has 0 radical (unpaired) electrons. The van der Waals surface area contributed by atoms with E-state index in [1.807, 2.05) is 28.2 Å². The fourth-order valence-electron chi connectivity index (χ4n) is 1.89. The van der Waals surface area contributed by atoms with E-state index < -0.39 is 0 Å². The molecule has 0 unspecified atom stereocenters. The molecule has 15 heavy (non-hydrogen) atoms. The van der Waals surface area contributed by atoms with E-state index in [1.54, 1.807) is 0 Å². The maximum absolute atomic E-state index is 5.41. The van der Waals surface area contributed by atoms with Gasteiger partial charge in [-0.25, -0.2) is 0 Å². The van der Waals surface area contributed by atoms with Gasteiger partial charge in [0.1, 0.15) is 0 Å². The standard InChI is InChI=1S/C13H9NS/c15-14-12-7-3-1-5-10(12)9-11-6-2-4-8-13(11)14/h1-9H. The van der Waals surface area contributed by atoms with E-state index in [9.17, 15) is 0 Å². The minimum atomic E-state index is 1.09. The molecule has 3 rings (SSSR count). The van der Waals surface area contributed by atoms with Gasteiger partial charge in [-0.3, -0.25) is 3.97 Å². The molecule has 0 amide bonds. The lowest BCUT2D eigenvalue weighted by atomic mass is 10.1. The number of hydrogen-bond acceptors (Lipinski definition) is 1. The molecular formula is C13H9NS. The Morgan fingerprint density at radius 3 is 1.73 bits per heavy atom. The second kappa shape index (κ2) is 3.17.